The van der Waals surface area contributed by atoms with E-state index in [1.807, 2.05) is 4.90 Å². The van der Waals surface area contributed by atoms with E-state index < -0.39 is 0 Å². The first kappa shape index (κ1) is 26.5. The molecule has 0 saturated carbocycles. The van der Waals surface area contributed by atoms with Crippen LogP contribution in [-0.2, 0) is 14.3 Å². The van der Waals surface area contributed by atoms with E-state index in [1.54, 1.807) is 25.5 Å². The van der Waals surface area contributed by atoms with Crippen molar-refractivity contribution >= 4 is 41.8 Å². The molecule has 2 aliphatic rings. The van der Waals surface area contributed by atoms with Gasteiger partial charge in [0.15, 0.2) is 5.96 Å². The molecule has 1 aromatic heterocycles. The van der Waals surface area contributed by atoms with E-state index in [-0.39, 0.29) is 36.0 Å². The molecule has 2 N–H and O–H groups in total. The number of guanidine groups is 1. The Kier molecular flexibility index (Phi) is 12.6. The highest BCUT2D eigenvalue weighted by Gasteiger charge is 2.22. The van der Waals surface area contributed by atoms with E-state index in [0.29, 0.717) is 45.2 Å². The molecule has 180 valence electrons. The summed E-state index contributed by atoms with van der Waals surface area (Å²) in [7, 11) is 1.73. The molecule has 0 radical (unpaired) electrons. The fourth-order valence-electron chi connectivity index (χ4n) is 3.65. The highest BCUT2D eigenvalue weighted by atomic mass is 127. The maximum absolute atomic E-state index is 12.5. The van der Waals surface area contributed by atoms with E-state index >= 15 is 0 Å². The summed E-state index contributed by atoms with van der Waals surface area (Å²) in [5, 5.41) is 6.47. The average molecular weight is 561 g/mol. The third-order valence-corrected chi connectivity index (χ3v) is 5.41. The topological polar surface area (TPSA) is 104 Å². The molecular formula is C21H36IN7O3. The monoisotopic (exact) mass is 561 g/mol. The number of nitrogens with zero attached hydrogens (tertiary/aromatic N) is 5. The average Bonchev–Trinajstić information content (AvgIpc) is 3.34. The Morgan fingerprint density at radius 3 is 2.66 bits per heavy atom. The number of piperazine rings is 1. The minimum Gasteiger partial charge on any atom is -0.379 e. The smallest absolute Gasteiger partial charge is 0.225 e. The van der Waals surface area contributed by atoms with Crippen molar-refractivity contribution in [3.05, 3.63) is 18.5 Å². The zero-order valence-corrected chi connectivity index (χ0v) is 21.2. The molecule has 2 aliphatic heterocycles. The predicted octanol–water partition coefficient (Wildman–Crippen LogP) is 0.884. The number of anilines is 1. The maximum Gasteiger partial charge on any atom is 0.225 e. The number of ether oxygens (including phenoxy) is 2. The van der Waals surface area contributed by atoms with Crippen LogP contribution < -0.4 is 15.5 Å². The van der Waals surface area contributed by atoms with Crippen molar-refractivity contribution in [2.45, 2.75) is 31.8 Å². The lowest BCUT2D eigenvalue weighted by Gasteiger charge is -2.34. The molecule has 3 rings (SSSR count). The van der Waals surface area contributed by atoms with Crippen LogP contribution in [-0.4, -0.2) is 99.0 Å². The highest BCUT2D eigenvalue weighted by Crippen LogP contribution is 2.12. The van der Waals surface area contributed by atoms with Crippen molar-refractivity contribution in [3.63, 3.8) is 0 Å². The number of nitrogens with one attached hydrogen (secondary N) is 2. The Morgan fingerprint density at radius 1 is 1.22 bits per heavy atom. The van der Waals surface area contributed by atoms with Gasteiger partial charge in [-0.05, 0) is 25.3 Å². The molecular weight excluding hydrogens is 525 g/mol. The molecule has 2 fully saturated rings. The Labute approximate surface area is 207 Å². The third-order valence-electron chi connectivity index (χ3n) is 5.41. The van der Waals surface area contributed by atoms with Gasteiger partial charge in [-0.25, -0.2) is 9.97 Å². The van der Waals surface area contributed by atoms with Gasteiger partial charge < -0.3 is 29.9 Å². The first-order valence-corrected chi connectivity index (χ1v) is 11.2. The van der Waals surface area contributed by atoms with Crippen LogP contribution >= 0.6 is 24.0 Å². The summed E-state index contributed by atoms with van der Waals surface area (Å²) in [4.78, 5) is 29.3. The third kappa shape index (κ3) is 9.02. The Hall–Kier alpha value is -1.73. The number of hydrogen-bond donors (Lipinski definition) is 2. The van der Waals surface area contributed by atoms with Crippen LogP contribution in [0, 0.1) is 0 Å². The van der Waals surface area contributed by atoms with E-state index in [2.05, 4.69) is 30.5 Å². The number of aliphatic imine (C=N–C) groups is 1. The van der Waals surface area contributed by atoms with Crippen LogP contribution in [0.4, 0.5) is 5.95 Å². The van der Waals surface area contributed by atoms with E-state index in [1.165, 1.54) is 0 Å². The molecule has 0 aromatic carbocycles. The van der Waals surface area contributed by atoms with Gasteiger partial charge in [-0.3, -0.25) is 9.79 Å². The highest BCUT2D eigenvalue weighted by molar-refractivity contribution is 14.0. The van der Waals surface area contributed by atoms with E-state index in [9.17, 15) is 4.79 Å². The fraction of sp³-hybridized carbons (Fsp3) is 0.714. The molecule has 0 bridgehead atoms. The van der Waals surface area contributed by atoms with Crippen LogP contribution in [0.5, 0.6) is 0 Å². The van der Waals surface area contributed by atoms with Crippen molar-refractivity contribution in [2.75, 3.05) is 71.0 Å². The number of amides is 1. The molecule has 3 heterocycles. The van der Waals surface area contributed by atoms with E-state index in [0.717, 1.165) is 51.5 Å². The van der Waals surface area contributed by atoms with Gasteiger partial charge in [0, 0.05) is 78.3 Å². The number of halogens is 1. The molecule has 0 aliphatic carbocycles. The quantitative estimate of drug-likeness (QED) is 0.188. The Bertz CT molecular complexity index is 681. The normalized spacial score (nSPS) is 18.9. The summed E-state index contributed by atoms with van der Waals surface area (Å²) < 4.78 is 11.2. The molecule has 0 spiro atoms. The summed E-state index contributed by atoms with van der Waals surface area (Å²) in [6, 6.07) is 1.81. The lowest BCUT2D eigenvalue weighted by atomic mass is 10.2. The van der Waals surface area contributed by atoms with Crippen molar-refractivity contribution in [3.8, 4) is 0 Å². The van der Waals surface area contributed by atoms with Crippen molar-refractivity contribution < 1.29 is 14.3 Å². The van der Waals surface area contributed by atoms with Gasteiger partial charge in [-0.2, -0.15) is 0 Å². The van der Waals surface area contributed by atoms with Gasteiger partial charge in [-0.1, -0.05) is 0 Å². The van der Waals surface area contributed by atoms with Gasteiger partial charge in [0.2, 0.25) is 11.9 Å². The van der Waals surface area contributed by atoms with Gasteiger partial charge >= 0.3 is 0 Å². The molecule has 1 aromatic rings. The van der Waals surface area contributed by atoms with Crippen molar-refractivity contribution in [1.82, 2.24) is 25.5 Å². The standard InChI is InChI=1S/C21H35N7O3.HI/c1-22-20(23-9-4-15-30-17-18-5-2-16-31-18)24-10-6-19(29)27-11-13-28(14-12-27)21-25-7-3-8-26-21;/h3,7-8,18H,2,4-6,9-17H2,1H3,(H2,22,23,24);1H. The van der Waals surface area contributed by atoms with Crippen LogP contribution in [0.25, 0.3) is 0 Å². The summed E-state index contributed by atoms with van der Waals surface area (Å²) in [6.07, 6.45) is 7.32. The summed E-state index contributed by atoms with van der Waals surface area (Å²) in [5.41, 5.74) is 0. The number of carbonyl (C=O) groups excluding carboxylic acids is 1. The zero-order chi connectivity index (χ0) is 21.7. The molecule has 10 nitrogen and oxygen atoms in total. The molecule has 1 atom stereocenters. The van der Waals surface area contributed by atoms with Gasteiger partial charge in [-0.15, -0.1) is 24.0 Å². The van der Waals surface area contributed by atoms with Gasteiger partial charge in [0.1, 0.15) is 0 Å². The second kappa shape index (κ2) is 15.2. The molecule has 1 unspecified atom stereocenters. The molecule has 1 amide bonds. The SMILES string of the molecule is CN=C(NCCCOCC1CCCO1)NCCC(=O)N1CCN(c2ncccn2)CC1.I. The number of aromatic nitrogens is 2. The van der Waals surface area contributed by atoms with Crippen LogP contribution in [0.2, 0.25) is 0 Å². The van der Waals surface area contributed by atoms with Crippen molar-refractivity contribution in [1.29, 1.82) is 0 Å². The lowest BCUT2D eigenvalue weighted by Crippen LogP contribution is -2.50. The van der Waals surface area contributed by atoms with Crippen LogP contribution in [0.15, 0.2) is 23.5 Å². The number of hydrogen-bond acceptors (Lipinski definition) is 7. The molecule has 11 heteroatoms. The Balaban J connectivity index is 0.00000363. The zero-order valence-electron chi connectivity index (χ0n) is 18.9. The van der Waals surface area contributed by atoms with Crippen LogP contribution in [0.1, 0.15) is 25.7 Å². The molecule has 2 saturated heterocycles. The minimum atomic E-state index is 0. The van der Waals surface area contributed by atoms with Gasteiger partial charge in [0.05, 0.1) is 12.7 Å². The molecule has 32 heavy (non-hydrogen) atoms. The summed E-state index contributed by atoms with van der Waals surface area (Å²) >= 11 is 0. The predicted molar refractivity (Wildman–Crippen MR) is 135 cm³/mol. The largest absolute Gasteiger partial charge is 0.379 e. The maximum atomic E-state index is 12.5. The fourth-order valence-corrected chi connectivity index (χ4v) is 3.65. The lowest BCUT2D eigenvalue weighted by molar-refractivity contribution is -0.131. The second-order valence-corrected chi connectivity index (χ2v) is 7.66. The van der Waals surface area contributed by atoms with Gasteiger partial charge in [0.25, 0.3) is 0 Å². The second-order valence-electron chi connectivity index (χ2n) is 7.66. The minimum absolute atomic E-state index is 0. The first-order valence-electron chi connectivity index (χ1n) is 11.2. The first-order chi connectivity index (χ1) is 15.3. The number of carbonyl (C=O) groups is 1. The Morgan fingerprint density at radius 2 is 1.97 bits per heavy atom. The number of rotatable bonds is 10. The summed E-state index contributed by atoms with van der Waals surface area (Å²) in [6.45, 7) is 6.44. The summed E-state index contributed by atoms with van der Waals surface area (Å²) in [5.74, 6) is 1.58. The van der Waals surface area contributed by atoms with Crippen molar-refractivity contribution in [2.24, 2.45) is 4.99 Å². The van der Waals surface area contributed by atoms with E-state index in [4.69, 9.17) is 9.47 Å². The van der Waals surface area contributed by atoms with Crippen LogP contribution in [0.3, 0.4) is 0 Å².